The van der Waals surface area contributed by atoms with Gasteiger partial charge in [0.25, 0.3) is 5.91 Å². The molecule has 0 bridgehead atoms. The van der Waals surface area contributed by atoms with Gasteiger partial charge in [0, 0.05) is 15.6 Å². The number of benzene rings is 2. The van der Waals surface area contributed by atoms with E-state index in [1.807, 2.05) is 19.1 Å². The topological polar surface area (TPSA) is 81.9 Å². The Balaban J connectivity index is 1.80. The largest absolute Gasteiger partial charge is 0.507 e. The van der Waals surface area contributed by atoms with E-state index in [1.54, 1.807) is 30.3 Å². The molecule has 0 saturated heterocycles. The van der Waals surface area contributed by atoms with Crippen molar-refractivity contribution in [2.75, 3.05) is 0 Å². The molecule has 3 aromatic rings. The van der Waals surface area contributed by atoms with Gasteiger partial charge in [-0.15, -0.1) is 11.3 Å². The van der Waals surface area contributed by atoms with Crippen LogP contribution in [0.4, 0.5) is 0 Å². The molecule has 0 saturated carbocycles. The van der Waals surface area contributed by atoms with Crippen LogP contribution in [0.15, 0.2) is 47.6 Å². The number of hydrazone groups is 1. The molecule has 0 unspecified atom stereocenters. The Morgan fingerprint density at radius 1 is 1.22 bits per heavy atom. The van der Waals surface area contributed by atoms with Gasteiger partial charge < -0.3 is 10.2 Å². The smallest absolute Gasteiger partial charge is 0.285 e. The van der Waals surface area contributed by atoms with Crippen LogP contribution in [0.2, 0.25) is 0 Å². The summed E-state index contributed by atoms with van der Waals surface area (Å²) in [6.07, 6.45) is 1.37. The maximum Gasteiger partial charge on any atom is 0.285 e. The van der Waals surface area contributed by atoms with Crippen LogP contribution >= 0.6 is 11.3 Å². The number of nitrogens with zero attached hydrogens (tertiary/aromatic N) is 1. The summed E-state index contributed by atoms with van der Waals surface area (Å²) in [7, 11) is 0. The first kappa shape index (κ1) is 15.1. The molecule has 23 heavy (non-hydrogen) atoms. The van der Waals surface area contributed by atoms with Crippen LogP contribution < -0.4 is 5.43 Å². The zero-order valence-corrected chi connectivity index (χ0v) is 13.1. The Hall–Kier alpha value is -2.86. The number of thiophene rings is 1. The molecule has 5 nitrogen and oxygen atoms in total. The van der Waals surface area contributed by atoms with Crippen LogP contribution in [0.1, 0.15) is 20.8 Å². The lowest BCUT2D eigenvalue weighted by Gasteiger charge is -2.00. The minimum Gasteiger partial charge on any atom is -0.507 e. The highest BCUT2D eigenvalue weighted by atomic mass is 32.1. The highest BCUT2D eigenvalue weighted by Gasteiger charge is 2.17. The number of nitrogens with one attached hydrogen (secondary N) is 1. The average molecular weight is 326 g/mol. The summed E-state index contributed by atoms with van der Waals surface area (Å²) in [6.45, 7) is 1.89. The number of fused-ring (bicyclic) bond motifs is 1. The van der Waals surface area contributed by atoms with Crippen LogP contribution in [0, 0.1) is 6.92 Å². The monoisotopic (exact) mass is 326 g/mol. The van der Waals surface area contributed by atoms with Gasteiger partial charge in [0.15, 0.2) is 0 Å². The van der Waals surface area contributed by atoms with Crippen LogP contribution in [0.5, 0.6) is 11.5 Å². The number of carbonyl (C=O) groups excluding carboxylic acids is 1. The minimum atomic E-state index is -0.493. The predicted molar refractivity (Wildman–Crippen MR) is 91.4 cm³/mol. The van der Waals surface area contributed by atoms with Crippen molar-refractivity contribution in [3.05, 3.63) is 58.5 Å². The highest BCUT2D eigenvalue weighted by Crippen LogP contribution is 2.36. The maximum atomic E-state index is 12.1. The highest BCUT2D eigenvalue weighted by molar-refractivity contribution is 7.21. The van der Waals surface area contributed by atoms with E-state index in [2.05, 4.69) is 10.5 Å². The summed E-state index contributed by atoms with van der Waals surface area (Å²) in [5, 5.41) is 24.3. The number of hydrogen-bond acceptors (Lipinski definition) is 5. The fraction of sp³-hybridized carbons (Fsp3) is 0.0588. The number of aryl methyl sites for hydroxylation is 1. The Morgan fingerprint density at radius 2 is 2.00 bits per heavy atom. The molecule has 0 fully saturated rings. The molecule has 1 heterocycles. The molecule has 0 aliphatic heterocycles. The molecule has 6 heteroatoms. The van der Waals surface area contributed by atoms with E-state index in [1.165, 1.54) is 17.6 Å². The summed E-state index contributed by atoms with van der Waals surface area (Å²) in [5.41, 5.74) is 3.84. The van der Waals surface area contributed by atoms with Crippen molar-refractivity contribution in [2.24, 2.45) is 5.10 Å². The summed E-state index contributed by atoms with van der Waals surface area (Å²) >= 11 is 1.20. The molecular formula is C17H14N2O3S. The first-order valence-corrected chi connectivity index (χ1v) is 7.71. The van der Waals surface area contributed by atoms with Crippen LogP contribution in [0.3, 0.4) is 0 Å². The van der Waals surface area contributed by atoms with Crippen molar-refractivity contribution in [3.8, 4) is 11.5 Å². The summed E-state index contributed by atoms with van der Waals surface area (Å²) in [5.74, 6) is -0.456. The third-order valence-corrected chi connectivity index (χ3v) is 4.49. The molecule has 1 amide bonds. The summed E-state index contributed by atoms with van der Waals surface area (Å²) < 4.78 is 0.829. The number of amides is 1. The van der Waals surface area contributed by atoms with Gasteiger partial charge in [0.1, 0.15) is 16.4 Å². The van der Waals surface area contributed by atoms with Gasteiger partial charge in [0.2, 0.25) is 0 Å². The lowest BCUT2D eigenvalue weighted by molar-refractivity contribution is 0.0957. The van der Waals surface area contributed by atoms with Gasteiger partial charge in [-0.05, 0) is 31.2 Å². The molecule has 0 aliphatic rings. The van der Waals surface area contributed by atoms with Gasteiger partial charge in [-0.3, -0.25) is 4.79 Å². The van der Waals surface area contributed by atoms with E-state index < -0.39 is 5.91 Å². The molecule has 1 aromatic heterocycles. The SMILES string of the molecule is Cc1ccc(O)c(/C=N\NC(=O)c2sc3ccccc3c2O)c1. The molecule has 0 atom stereocenters. The van der Waals surface area contributed by atoms with E-state index in [9.17, 15) is 15.0 Å². The molecule has 0 spiro atoms. The van der Waals surface area contributed by atoms with Crippen LogP contribution in [-0.2, 0) is 0 Å². The standard InChI is InChI=1S/C17H14N2O3S/c1-10-6-7-13(20)11(8-10)9-18-19-17(22)16-15(21)12-4-2-3-5-14(12)23-16/h2-9,20-21H,1H3,(H,19,22)/b18-9-. The van der Waals surface area contributed by atoms with E-state index in [0.29, 0.717) is 10.9 Å². The lowest BCUT2D eigenvalue weighted by atomic mass is 10.1. The van der Waals surface area contributed by atoms with E-state index in [4.69, 9.17) is 0 Å². The van der Waals surface area contributed by atoms with Crippen LogP contribution in [-0.4, -0.2) is 22.3 Å². The van der Waals surface area contributed by atoms with E-state index in [-0.39, 0.29) is 16.4 Å². The number of phenolic OH excluding ortho intramolecular Hbond substituents is 1. The molecule has 3 N–H and O–H groups in total. The van der Waals surface area contributed by atoms with Crippen molar-refractivity contribution < 1.29 is 15.0 Å². The van der Waals surface area contributed by atoms with Gasteiger partial charge >= 0.3 is 0 Å². The Kier molecular flexibility index (Phi) is 3.99. The predicted octanol–water partition coefficient (Wildman–Crippen LogP) is 3.38. The van der Waals surface area contributed by atoms with Crippen molar-refractivity contribution >= 4 is 33.5 Å². The quantitative estimate of drug-likeness (QED) is 0.510. The second-order valence-corrected chi connectivity index (χ2v) is 6.09. The first-order chi connectivity index (χ1) is 11.1. The van der Waals surface area contributed by atoms with Gasteiger partial charge in [-0.2, -0.15) is 5.10 Å². The van der Waals surface area contributed by atoms with Crippen molar-refractivity contribution in [2.45, 2.75) is 6.92 Å². The zero-order valence-electron chi connectivity index (χ0n) is 12.3. The fourth-order valence-electron chi connectivity index (χ4n) is 2.17. The fourth-order valence-corrected chi connectivity index (χ4v) is 3.16. The average Bonchev–Trinajstić information content (AvgIpc) is 2.88. The van der Waals surface area contributed by atoms with Gasteiger partial charge in [-0.1, -0.05) is 23.8 Å². The number of hydrogen-bond donors (Lipinski definition) is 3. The molecule has 2 aromatic carbocycles. The van der Waals surface area contributed by atoms with E-state index >= 15 is 0 Å². The van der Waals surface area contributed by atoms with Gasteiger partial charge in [0.05, 0.1) is 6.21 Å². The summed E-state index contributed by atoms with van der Waals surface area (Å²) in [6, 6.07) is 12.3. The first-order valence-electron chi connectivity index (χ1n) is 6.90. The third-order valence-electron chi connectivity index (χ3n) is 3.33. The van der Waals surface area contributed by atoms with Crippen molar-refractivity contribution in [1.82, 2.24) is 5.43 Å². The third kappa shape index (κ3) is 3.02. The Bertz CT molecular complexity index is 915. The molecular weight excluding hydrogens is 312 g/mol. The Labute approximate surface area is 136 Å². The molecule has 116 valence electrons. The van der Waals surface area contributed by atoms with E-state index in [0.717, 1.165) is 10.3 Å². The second kappa shape index (κ2) is 6.10. The van der Waals surface area contributed by atoms with Crippen molar-refractivity contribution in [3.63, 3.8) is 0 Å². The molecule has 0 radical (unpaired) electrons. The minimum absolute atomic E-state index is 0.0447. The number of phenols is 1. The lowest BCUT2D eigenvalue weighted by Crippen LogP contribution is -2.16. The molecule has 0 aliphatic carbocycles. The zero-order chi connectivity index (χ0) is 16.4. The van der Waals surface area contributed by atoms with Gasteiger partial charge in [-0.25, -0.2) is 5.43 Å². The van der Waals surface area contributed by atoms with Crippen molar-refractivity contribution in [1.29, 1.82) is 0 Å². The normalized spacial score (nSPS) is 11.2. The summed E-state index contributed by atoms with van der Waals surface area (Å²) in [4.78, 5) is 12.3. The van der Waals surface area contributed by atoms with Crippen LogP contribution in [0.25, 0.3) is 10.1 Å². The number of rotatable bonds is 3. The second-order valence-electron chi connectivity index (χ2n) is 5.04. The molecule has 3 rings (SSSR count). The maximum absolute atomic E-state index is 12.1. The number of carbonyl (C=O) groups is 1. The Morgan fingerprint density at radius 3 is 2.78 bits per heavy atom. The number of aromatic hydroxyl groups is 2.